The lowest BCUT2D eigenvalue weighted by Crippen LogP contribution is -2.64. The zero-order valence-electron chi connectivity index (χ0n) is 45.7. The van der Waals surface area contributed by atoms with Gasteiger partial charge < -0.3 is 93.4 Å². The van der Waals surface area contributed by atoms with Gasteiger partial charge in [0, 0.05) is 38.9 Å². The van der Waals surface area contributed by atoms with Crippen LogP contribution in [0.5, 0.6) is 5.75 Å². The number of carbonyl (C=O) groups excluding carboxylic acids is 7. The lowest BCUT2D eigenvalue weighted by molar-refractivity contribution is -0.149. The van der Waals surface area contributed by atoms with E-state index in [-0.39, 0.29) is 81.6 Å². The second-order valence-corrected chi connectivity index (χ2v) is 21.1. The number of fused-ring (bicyclic) bond motifs is 2. The Morgan fingerprint density at radius 2 is 1.33 bits per heavy atom. The van der Waals surface area contributed by atoms with Crippen molar-refractivity contribution >= 4 is 66.2 Å². The molecule has 79 heavy (non-hydrogen) atoms. The fourth-order valence-electron chi connectivity index (χ4n) is 10.1. The molecule has 1 aromatic rings. The number of nitrogens with zero attached hydrogens (tertiary/aromatic N) is 2. The first-order chi connectivity index (χ1) is 36.5. The number of aromatic hydroxyl groups is 1. The Morgan fingerprint density at radius 1 is 0.722 bits per heavy atom. The summed E-state index contributed by atoms with van der Waals surface area (Å²) in [4.78, 5) is 102. The van der Waals surface area contributed by atoms with Crippen molar-refractivity contribution in [3.05, 3.63) is 29.8 Å². The maximum Gasteiger partial charge on any atom is 0.248 e. The van der Waals surface area contributed by atoms with E-state index in [4.69, 9.17) is 16.2 Å². The highest BCUT2D eigenvalue weighted by molar-refractivity contribution is 5.98. The van der Waals surface area contributed by atoms with Crippen LogP contribution in [0.25, 0.3) is 0 Å². The number of aliphatic hydroxyl groups is 7. The second-order valence-electron chi connectivity index (χ2n) is 21.1. The maximum atomic E-state index is 14.6. The quantitative estimate of drug-likeness (QED) is 0.0525. The summed E-state index contributed by atoms with van der Waals surface area (Å²) in [5.74, 6) is -6.60. The summed E-state index contributed by atoms with van der Waals surface area (Å²) >= 11 is 0. The van der Waals surface area contributed by atoms with Crippen LogP contribution in [0.15, 0.2) is 24.3 Å². The monoisotopic (exact) mass is 1170 g/mol. The van der Waals surface area contributed by atoms with Crippen molar-refractivity contribution in [3.63, 3.8) is 0 Å². The Labute approximate surface area is 474 Å². The lowest BCUT2D eigenvalue weighted by Gasteiger charge is -2.35. The third-order valence-electron chi connectivity index (χ3n) is 14.8. The molecular formula is C52H89Cl2N9O16. The Morgan fingerprint density at radius 3 is 1.95 bits per heavy atom. The van der Waals surface area contributed by atoms with Gasteiger partial charge in [-0.25, -0.2) is 0 Å². The standard InChI is InChI=1S/C52H87N9O16.2ClH/c1-5-28(2)24-29(3)12-10-8-6-7-9-11-13-39(68)55-34-26-38(67)50(77-23-21-54)59-49(74)43-37(66)19-22-60(43)52(76)41(36(65)18-20-53)57-48(73)42(45(70)44(69)31-14-16-32(63)17-15-31)58-47(72)35-25-33(64)27-61(35)51(75)40(30(4)62)56-46(34)71;;/h14-17,28-30,33-38,40-45,50,62-67,69-70H,5-13,18-27,53-54H2,1-4H3,(H,55,68)(H,56,71)(H,57,73)(H,58,72)(H,59,74);2*1H/t28?,29?,30-,33-,34+,35+,36-,37+,38-,40+,41+,42+,43+,44+,45+,50-;;/m1../s1. The molecule has 0 spiro atoms. The van der Waals surface area contributed by atoms with E-state index in [0.29, 0.717) is 24.7 Å². The number of unbranched alkanes of at least 4 members (excludes halogenated alkanes) is 5. The minimum absolute atomic E-state index is 0. The number of aliphatic hydroxyl groups excluding tert-OH is 7. The average molecular weight is 1170 g/mol. The molecular weight excluding hydrogens is 1080 g/mol. The van der Waals surface area contributed by atoms with Crippen LogP contribution in [0.2, 0.25) is 0 Å². The smallest absolute Gasteiger partial charge is 0.248 e. The molecule has 16 atom stereocenters. The summed E-state index contributed by atoms with van der Waals surface area (Å²) < 4.78 is 5.73. The molecule has 4 rings (SSSR count). The molecule has 0 bridgehead atoms. The summed E-state index contributed by atoms with van der Waals surface area (Å²) in [6.45, 7) is 6.32. The fraction of sp³-hybridized carbons (Fsp3) is 0.750. The predicted octanol–water partition coefficient (Wildman–Crippen LogP) is -2.04. The number of nitrogens with one attached hydrogen (secondary N) is 5. The second kappa shape index (κ2) is 34.7. The average Bonchev–Trinajstić information content (AvgIpc) is 3.99. The van der Waals surface area contributed by atoms with Crippen LogP contribution < -0.4 is 38.1 Å². The van der Waals surface area contributed by atoms with Gasteiger partial charge in [-0.15, -0.1) is 24.8 Å². The van der Waals surface area contributed by atoms with Crippen molar-refractivity contribution in [3.8, 4) is 5.75 Å². The number of phenols is 1. The number of hydrogen-bond donors (Lipinski definition) is 15. The van der Waals surface area contributed by atoms with Crippen molar-refractivity contribution in [2.24, 2.45) is 23.3 Å². The predicted molar refractivity (Wildman–Crippen MR) is 293 cm³/mol. The van der Waals surface area contributed by atoms with E-state index in [1.54, 1.807) is 0 Å². The molecule has 25 nitrogen and oxygen atoms in total. The van der Waals surface area contributed by atoms with Crippen molar-refractivity contribution in [1.82, 2.24) is 36.4 Å². The zero-order chi connectivity index (χ0) is 57.1. The molecule has 1 aromatic carbocycles. The number of halogens is 2. The van der Waals surface area contributed by atoms with E-state index >= 15 is 0 Å². The summed E-state index contributed by atoms with van der Waals surface area (Å²) in [7, 11) is 0. The van der Waals surface area contributed by atoms with Gasteiger partial charge in [0.25, 0.3) is 0 Å². The summed E-state index contributed by atoms with van der Waals surface area (Å²) in [5, 5.41) is 101. The van der Waals surface area contributed by atoms with E-state index in [2.05, 4.69) is 47.4 Å². The molecule has 0 radical (unpaired) electrons. The zero-order valence-corrected chi connectivity index (χ0v) is 47.3. The van der Waals surface area contributed by atoms with E-state index in [1.165, 1.54) is 30.7 Å². The van der Waals surface area contributed by atoms with Gasteiger partial charge >= 0.3 is 0 Å². The third-order valence-corrected chi connectivity index (χ3v) is 14.8. The number of rotatable bonds is 23. The highest BCUT2D eigenvalue weighted by atomic mass is 35.5. The number of carbonyl (C=O) groups is 7. The molecule has 3 saturated heterocycles. The minimum Gasteiger partial charge on any atom is -0.508 e. The van der Waals surface area contributed by atoms with Crippen LogP contribution >= 0.6 is 24.8 Å². The SMILES string of the molecule is CCC(C)CC(C)CCCCCCCCC(=O)N[C@H]1C[C@@H](O)[C@@H](OCCN)NC(=O)[C@@H]2[C@@H](O)CCN2C(=O)[C@H]([C@H](O)CCN)NC(=O)[C@H]([C@H](O)[C@@H](O)c2ccc(O)cc2)NC(=O)[C@@H]2C[C@@H](O)CN2C(=O)[C@H]([C@@H](C)O)NC1=O.Cl.Cl. The summed E-state index contributed by atoms with van der Waals surface area (Å²) in [5.41, 5.74) is 11.4. The molecule has 17 N–H and O–H groups in total. The van der Waals surface area contributed by atoms with Gasteiger partial charge in [-0.2, -0.15) is 0 Å². The molecule has 0 aliphatic carbocycles. The molecule has 27 heteroatoms. The molecule has 2 unspecified atom stereocenters. The number of phenolic OH excluding ortho intramolecular Hbond substituents is 1. The van der Waals surface area contributed by atoms with Gasteiger partial charge in [-0.1, -0.05) is 77.8 Å². The van der Waals surface area contributed by atoms with Crippen LogP contribution in [-0.2, 0) is 38.3 Å². The summed E-state index contributed by atoms with van der Waals surface area (Å²) in [6, 6.07) is -6.54. The first-order valence-electron chi connectivity index (χ1n) is 27.2. The third kappa shape index (κ3) is 20.8. The Bertz CT molecular complexity index is 2090. The highest BCUT2D eigenvalue weighted by Gasteiger charge is 2.49. The van der Waals surface area contributed by atoms with Crippen LogP contribution in [0.4, 0.5) is 0 Å². The largest absolute Gasteiger partial charge is 0.508 e. The van der Waals surface area contributed by atoms with Crippen molar-refractivity contribution < 1.29 is 79.2 Å². The van der Waals surface area contributed by atoms with Crippen LogP contribution in [0, 0.1) is 11.8 Å². The number of hydrogen-bond acceptors (Lipinski definition) is 18. The normalized spacial score (nSPS) is 27.9. The molecule has 3 aliphatic heterocycles. The molecule has 0 saturated carbocycles. The van der Waals surface area contributed by atoms with Gasteiger partial charge in [0.15, 0.2) is 6.23 Å². The molecule has 0 aromatic heterocycles. The fourth-order valence-corrected chi connectivity index (χ4v) is 10.1. The Hall–Kier alpha value is -4.51. The van der Waals surface area contributed by atoms with E-state index in [1.807, 2.05) is 0 Å². The van der Waals surface area contributed by atoms with Crippen LogP contribution in [-0.4, -0.2) is 204 Å². The van der Waals surface area contributed by atoms with Crippen molar-refractivity contribution in [2.75, 3.05) is 32.8 Å². The number of benzene rings is 1. The molecule has 3 fully saturated rings. The number of ether oxygens (including phenoxy) is 1. The van der Waals surface area contributed by atoms with Gasteiger partial charge in [-0.3, -0.25) is 33.6 Å². The van der Waals surface area contributed by atoms with Gasteiger partial charge in [0.2, 0.25) is 41.4 Å². The molecule has 3 heterocycles. The number of amides is 7. The van der Waals surface area contributed by atoms with Crippen LogP contribution in [0.1, 0.15) is 129 Å². The van der Waals surface area contributed by atoms with Gasteiger partial charge in [0.1, 0.15) is 60.3 Å². The first-order valence-corrected chi connectivity index (χ1v) is 27.2. The van der Waals surface area contributed by atoms with E-state index < -0.39 is 146 Å². The van der Waals surface area contributed by atoms with Crippen molar-refractivity contribution in [2.45, 2.75) is 203 Å². The van der Waals surface area contributed by atoms with Crippen molar-refractivity contribution in [1.29, 1.82) is 0 Å². The Balaban J connectivity index is 0.0000107. The Kier molecular flexibility index (Phi) is 31.0. The topological polar surface area (TPSA) is 409 Å². The van der Waals surface area contributed by atoms with Gasteiger partial charge in [-0.05, 0) is 68.7 Å². The van der Waals surface area contributed by atoms with Gasteiger partial charge in [0.05, 0.1) is 31.0 Å². The lowest BCUT2D eigenvalue weighted by atomic mass is 9.91. The molecule has 3 aliphatic rings. The molecule has 7 amide bonds. The maximum absolute atomic E-state index is 14.6. The number of nitrogens with two attached hydrogens (primary N) is 2. The highest BCUT2D eigenvalue weighted by Crippen LogP contribution is 2.27. The van der Waals surface area contributed by atoms with E-state index in [9.17, 15) is 74.4 Å². The minimum atomic E-state index is -2.29. The first kappa shape index (κ1) is 70.6. The van der Waals surface area contributed by atoms with Crippen LogP contribution in [0.3, 0.4) is 0 Å². The van der Waals surface area contributed by atoms with E-state index in [0.717, 1.165) is 55.2 Å². The summed E-state index contributed by atoms with van der Waals surface area (Å²) in [6.07, 6.45) is -7.55. The molecule has 452 valence electrons.